The molecule has 0 atom stereocenters. The fourth-order valence-electron chi connectivity index (χ4n) is 2.83. The first-order chi connectivity index (χ1) is 11.5. The molecule has 3 aromatic rings. The predicted molar refractivity (Wildman–Crippen MR) is 95.5 cm³/mol. The number of nitrogens with one attached hydrogen (secondary N) is 1. The zero-order valence-electron chi connectivity index (χ0n) is 12.6. The van der Waals surface area contributed by atoms with Crippen molar-refractivity contribution in [2.75, 3.05) is 10.5 Å². The molecule has 0 saturated heterocycles. The molecule has 122 valence electrons. The molecule has 2 aromatic heterocycles. The third kappa shape index (κ3) is 2.68. The van der Waals surface area contributed by atoms with Gasteiger partial charge in [0.25, 0.3) is 0 Å². The van der Waals surface area contributed by atoms with Crippen LogP contribution >= 0.6 is 11.6 Å². The summed E-state index contributed by atoms with van der Waals surface area (Å²) in [5, 5.41) is 0.524. The van der Waals surface area contributed by atoms with Gasteiger partial charge in [-0.25, -0.2) is 8.42 Å². The highest BCUT2D eigenvalue weighted by Gasteiger charge is 2.25. The molecular formula is C17H14ClN3O2S. The monoisotopic (exact) mass is 359 g/mol. The molecular weight excluding hydrogens is 346 g/mol. The lowest BCUT2D eigenvalue weighted by Crippen LogP contribution is -2.27. The van der Waals surface area contributed by atoms with Gasteiger partial charge in [0.1, 0.15) is 11.0 Å². The molecule has 5 nitrogen and oxygen atoms in total. The Bertz CT molecular complexity index is 996. The number of fused-ring (bicyclic) bond motifs is 1. The average Bonchev–Trinajstić information content (AvgIpc) is 2.90. The third-order valence-electron chi connectivity index (χ3n) is 4.04. The zero-order valence-corrected chi connectivity index (χ0v) is 14.2. The van der Waals surface area contributed by atoms with Crippen molar-refractivity contribution in [2.24, 2.45) is 0 Å². The first-order valence-electron chi connectivity index (χ1n) is 7.45. The first kappa shape index (κ1) is 15.2. The maximum absolute atomic E-state index is 11.9. The smallest absolute Gasteiger partial charge is 0.235 e. The topological polar surface area (TPSA) is 64.0 Å². The molecule has 4 rings (SSSR count). The molecule has 0 fully saturated rings. The number of pyridine rings is 1. The molecule has 7 heteroatoms. The maximum atomic E-state index is 11.9. The number of nitrogens with zero attached hydrogens (tertiary/aromatic N) is 2. The van der Waals surface area contributed by atoms with Gasteiger partial charge >= 0.3 is 0 Å². The van der Waals surface area contributed by atoms with Crippen LogP contribution in [0.4, 0.5) is 5.82 Å². The molecule has 1 aliphatic heterocycles. The van der Waals surface area contributed by atoms with Crippen molar-refractivity contribution >= 4 is 27.4 Å². The lowest BCUT2D eigenvalue weighted by atomic mass is 10.0. The van der Waals surface area contributed by atoms with Crippen molar-refractivity contribution < 1.29 is 8.42 Å². The van der Waals surface area contributed by atoms with Gasteiger partial charge in [-0.15, -0.1) is 0 Å². The zero-order chi connectivity index (χ0) is 16.7. The van der Waals surface area contributed by atoms with Crippen LogP contribution in [0.3, 0.4) is 0 Å². The first-order valence-corrected chi connectivity index (χ1v) is 9.48. The van der Waals surface area contributed by atoms with E-state index >= 15 is 0 Å². The second-order valence-corrected chi connectivity index (χ2v) is 7.82. The standard InChI is InChI=1S/C17H14ClN3O2S/c18-16-11-14(17-20-24(22,23)10-9-21(16)17)12-4-6-13(7-5-12)15-3-1-2-8-19-15/h1-8,11,20H,9-10H2. The van der Waals surface area contributed by atoms with Gasteiger partial charge in [0.05, 0.1) is 11.4 Å². The average molecular weight is 360 g/mol. The molecule has 0 unspecified atom stereocenters. The van der Waals surface area contributed by atoms with Crippen molar-refractivity contribution in [2.45, 2.75) is 6.54 Å². The second-order valence-electron chi connectivity index (χ2n) is 5.59. The van der Waals surface area contributed by atoms with Gasteiger partial charge < -0.3 is 4.57 Å². The fraction of sp³-hybridized carbons (Fsp3) is 0.118. The minimum atomic E-state index is -3.30. The van der Waals surface area contributed by atoms with E-state index in [0.29, 0.717) is 17.5 Å². The van der Waals surface area contributed by atoms with Crippen LogP contribution in [0.5, 0.6) is 0 Å². The lowest BCUT2D eigenvalue weighted by Gasteiger charge is -2.19. The maximum Gasteiger partial charge on any atom is 0.235 e. The summed E-state index contributed by atoms with van der Waals surface area (Å²) in [5.41, 5.74) is 3.56. The molecule has 0 saturated carbocycles. The summed E-state index contributed by atoms with van der Waals surface area (Å²) in [6.07, 6.45) is 1.75. The predicted octanol–water partition coefficient (Wildman–Crippen LogP) is 3.63. The van der Waals surface area contributed by atoms with E-state index in [9.17, 15) is 8.42 Å². The van der Waals surface area contributed by atoms with Crippen LogP contribution in [0.2, 0.25) is 5.15 Å². The summed E-state index contributed by atoms with van der Waals surface area (Å²) in [6, 6.07) is 15.4. The van der Waals surface area contributed by atoms with Crippen LogP contribution in [-0.4, -0.2) is 23.7 Å². The summed E-state index contributed by atoms with van der Waals surface area (Å²) in [6.45, 7) is 0.357. The minimum absolute atomic E-state index is 0.0342. The Balaban J connectivity index is 1.75. The molecule has 0 amide bonds. The molecule has 24 heavy (non-hydrogen) atoms. The van der Waals surface area contributed by atoms with Crippen molar-refractivity contribution in [1.29, 1.82) is 0 Å². The van der Waals surface area contributed by atoms with Crippen LogP contribution in [0.25, 0.3) is 22.4 Å². The Kier molecular flexibility index (Phi) is 3.58. The van der Waals surface area contributed by atoms with Crippen LogP contribution in [0.15, 0.2) is 54.7 Å². The Morgan fingerprint density at radius 3 is 2.54 bits per heavy atom. The van der Waals surface area contributed by atoms with Crippen molar-refractivity contribution in [3.63, 3.8) is 0 Å². The summed E-state index contributed by atoms with van der Waals surface area (Å²) in [7, 11) is -3.30. The highest BCUT2D eigenvalue weighted by atomic mass is 35.5. The summed E-state index contributed by atoms with van der Waals surface area (Å²) in [4.78, 5) is 4.33. The number of anilines is 1. The third-order valence-corrected chi connectivity index (χ3v) is 5.58. The summed E-state index contributed by atoms with van der Waals surface area (Å²) >= 11 is 6.25. The number of benzene rings is 1. The molecule has 1 N–H and O–H groups in total. The van der Waals surface area contributed by atoms with Crippen LogP contribution in [0, 0.1) is 0 Å². The highest BCUT2D eigenvalue weighted by Crippen LogP contribution is 2.37. The summed E-state index contributed by atoms with van der Waals surface area (Å²) < 4.78 is 28.1. The Morgan fingerprint density at radius 2 is 1.83 bits per heavy atom. The SMILES string of the molecule is O=S1(=O)CCn2c(Cl)cc(-c3ccc(-c4ccccn4)cc3)c2N1. The van der Waals surface area contributed by atoms with Crippen molar-refractivity contribution in [3.8, 4) is 22.4 Å². The number of sulfonamides is 1. The number of halogens is 1. The Hall–Kier alpha value is -2.31. The quantitative estimate of drug-likeness (QED) is 0.760. The number of hydrogen-bond donors (Lipinski definition) is 1. The fourth-order valence-corrected chi connectivity index (χ4v) is 4.15. The van der Waals surface area contributed by atoms with E-state index in [4.69, 9.17) is 11.6 Å². The van der Waals surface area contributed by atoms with Crippen LogP contribution in [0.1, 0.15) is 0 Å². The van der Waals surface area contributed by atoms with Crippen molar-refractivity contribution in [1.82, 2.24) is 9.55 Å². The van der Waals surface area contributed by atoms with Gasteiger partial charge in [0, 0.05) is 23.9 Å². The van der Waals surface area contributed by atoms with E-state index in [1.807, 2.05) is 42.5 Å². The second kappa shape index (κ2) is 5.65. The van der Waals surface area contributed by atoms with E-state index in [2.05, 4.69) is 9.71 Å². The summed E-state index contributed by atoms with van der Waals surface area (Å²) in [5.74, 6) is 0.559. The normalized spacial score (nSPS) is 15.5. The van der Waals surface area contributed by atoms with Crippen molar-refractivity contribution in [3.05, 3.63) is 59.9 Å². The molecule has 1 aliphatic rings. The van der Waals surface area contributed by atoms with E-state index in [0.717, 1.165) is 22.4 Å². The van der Waals surface area contributed by atoms with Gasteiger partial charge in [-0.1, -0.05) is 41.9 Å². The number of hydrogen-bond acceptors (Lipinski definition) is 3. The molecule has 0 aliphatic carbocycles. The van der Waals surface area contributed by atoms with Gasteiger partial charge in [-0.3, -0.25) is 9.71 Å². The molecule has 3 heterocycles. The Labute approximate surface area is 145 Å². The van der Waals surface area contributed by atoms with Gasteiger partial charge in [0.15, 0.2) is 0 Å². The number of rotatable bonds is 2. The number of aromatic nitrogens is 2. The lowest BCUT2D eigenvalue weighted by molar-refractivity contribution is 0.588. The minimum Gasteiger partial charge on any atom is -0.316 e. The van der Waals surface area contributed by atoms with E-state index in [1.54, 1.807) is 16.8 Å². The highest BCUT2D eigenvalue weighted by molar-refractivity contribution is 7.92. The Morgan fingerprint density at radius 1 is 1.08 bits per heavy atom. The van der Waals surface area contributed by atoms with E-state index in [-0.39, 0.29) is 5.75 Å². The van der Waals surface area contributed by atoms with Gasteiger partial charge in [0.2, 0.25) is 10.0 Å². The van der Waals surface area contributed by atoms with Crippen LogP contribution in [-0.2, 0) is 16.6 Å². The van der Waals surface area contributed by atoms with E-state index < -0.39 is 10.0 Å². The molecule has 0 bridgehead atoms. The van der Waals surface area contributed by atoms with Gasteiger partial charge in [-0.2, -0.15) is 0 Å². The van der Waals surface area contributed by atoms with Gasteiger partial charge in [-0.05, 0) is 23.8 Å². The largest absolute Gasteiger partial charge is 0.316 e. The molecule has 1 aromatic carbocycles. The molecule has 0 spiro atoms. The van der Waals surface area contributed by atoms with E-state index in [1.165, 1.54) is 0 Å². The van der Waals surface area contributed by atoms with Crippen LogP contribution < -0.4 is 4.72 Å². The molecule has 0 radical (unpaired) electrons.